The molecule has 2 aromatic carbocycles. The van der Waals surface area contributed by atoms with Crippen LogP contribution < -0.4 is 14.8 Å². The molecule has 2 rings (SSSR count). The number of alkyl halides is 2. The highest BCUT2D eigenvalue weighted by Crippen LogP contribution is 2.29. The molecule has 0 heterocycles. The van der Waals surface area contributed by atoms with Gasteiger partial charge in [0.15, 0.2) is 17.3 Å². The molecule has 2 aromatic rings. The Balaban J connectivity index is 2.08. The van der Waals surface area contributed by atoms with Crippen LogP contribution in [0.5, 0.6) is 11.5 Å². The third-order valence-corrected chi connectivity index (χ3v) is 3.37. The number of rotatable bonds is 7. The van der Waals surface area contributed by atoms with Crippen LogP contribution in [0.25, 0.3) is 6.08 Å². The van der Waals surface area contributed by atoms with Crippen LogP contribution in [0.1, 0.15) is 22.8 Å². The molecule has 7 heteroatoms. The highest BCUT2D eigenvalue weighted by atomic mass is 19.3. The zero-order valence-corrected chi connectivity index (χ0v) is 14.2. The van der Waals surface area contributed by atoms with E-state index in [2.05, 4.69) is 10.1 Å². The summed E-state index contributed by atoms with van der Waals surface area (Å²) < 4.78 is 34.0. The minimum atomic E-state index is -2.96. The molecule has 0 saturated heterocycles. The van der Waals surface area contributed by atoms with E-state index in [1.807, 2.05) is 0 Å². The Morgan fingerprint density at radius 3 is 2.54 bits per heavy atom. The zero-order chi connectivity index (χ0) is 19.1. The van der Waals surface area contributed by atoms with E-state index < -0.39 is 12.5 Å². The van der Waals surface area contributed by atoms with Gasteiger partial charge >= 0.3 is 6.61 Å². The second kappa shape index (κ2) is 8.75. The van der Waals surface area contributed by atoms with Crippen molar-refractivity contribution in [3.05, 3.63) is 59.7 Å². The third-order valence-electron chi connectivity index (χ3n) is 3.37. The molecule has 0 aliphatic rings. The van der Waals surface area contributed by atoms with Gasteiger partial charge in [-0.3, -0.25) is 9.59 Å². The number of carbonyl (C=O) groups excluding carboxylic acids is 2. The second-order valence-electron chi connectivity index (χ2n) is 5.25. The number of hydrogen-bond donors (Lipinski definition) is 1. The largest absolute Gasteiger partial charge is 0.493 e. The molecule has 0 bridgehead atoms. The van der Waals surface area contributed by atoms with Crippen molar-refractivity contribution in [2.24, 2.45) is 0 Å². The van der Waals surface area contributed by atoms with E-state index in [0.717, 1.165) is 0 Å². The van der Waals surface area contributed by atoms with Gasteiger partial charge in [-0.15, -0.1) is 0 Å². The standard InChI is InChI=1S/C19H17F2NO4/c1-12(23)14-4-3-5-15(11-14)22-18(24)9-7-13-6-8-16(26-19(20)21)17(10-13)25-2/h3-11,19H,1-2H3,(H,22,24)/b9-7+. The number of ketones is 1. The zero-order valence-electron chi connectivity index (χ0n) is 14.2. The van der Waals surface area contributed by atoms with E-state index in [9.17, 15) is 18.4 Å². The lowest BCUT2D eigenvalue weighted by Gasteiger charge is -2.10. The van der Waals surface area contributed by atoms with Crippen molar-refractivity contribution in [1.29, 1.82) is 0 Å². The summed E-state index contributed by atoms with van der Waals surface area (Å²) in [5, 5.41) is 2.64. The number of Topliss-reactive ketones (excluding diaryl/α,β-unsaturated/α-hetero) is 1. The first-order valence-corrected chi connectivity index (χ1v) is 7.62. The van der Waals surface area contributed by atoms with E-state index in [1.165, 1.54) is 44.4 Å². The number of methoxy groups -OCH3 is 1. The molecule has 5 nitrogen and oxygen atoms in total. The number of ether oxygens (including phenoxy) is 2. The summed E-state index contributed by atoms with van der Waals surface area (Å²) in [6.45, 7) is -1.52. The van der Waals surface area contributed by atoms with Gasteiger partial charge in [0.2, 0.25) is 5.91 Å². The van der Waals surface area contributed by atoms with Gasteiger partial charge in [0.25, 0.3) is 0 Å². The number of hydrogen-bond acceptors (Lipinski definition) is 4. The Morgan fingerprint density at radius 2 is 1.88 bits per heavy atom. The van der Waals surface area contributed by atoms with Crippen LogP contribution in [0.15, 0.2) is 48.5 Å². The summed E-state index contributed by atoms with van der Waals surface area (Å²) in [6.07, 6.45) is 2.78. The maximum absolute atomic E-state index is 12.3. The number of halogens is 2. The Kier molecular flexibility index (Phi) is 6.43. The van der Waals surface area contributed by atoms with Gasteiger partial charge < -0.3 is 14.8 Å². The highest BCUT2D eigenvalue weighted by molar-refractivity contribution is 6.03. The van der Waals surface area contributed by atoms with E-state index in [1.54, 1.807) is 24.3 Å². The first kappa shape index (κ1) is 19.1. The Labute approximate surface area is 149 Å². The maximum atomic E-state index is 12.3. The maximum Gasteiger partial charge on any atom is 0.387 e. The molecule has 0 unspecified atom stereocenters. The quantitative estimate of drug-likeness (QED) is 0.594. The molecule has 1 amide bonds. The van der Waals surface area contributed by atoms with Crippen molar-refractivity contribution in [2.75, 3.05) is 12.4 Å². The Bertz CT molecular complexity index is 834. The minimum absolute atomic E-state index is 0.0925. The topological polar surface area (TPSA) is 64.6 Å². The summed E-state index contributed by atoms with van der Waals surface area (Å²) in [4.78, 5) is 23.3. The van der Waals surface area contributed by atoms with Crippen molar-refractivity contribution < 1.29 is 27.8 Å². The molecule has 0 aliphatic carbocycles. The molecule has 0 saturated carbocycles. The number of amides is 1. The fraction of sp³-hybridized carbons (Fsp3) is 0.158. The molecule has 0 spiro atoms. The van der Waals surface area contributed by atoms with Crippen molar-refractivity contribution in [1.82, 2.24) is 0 Å². The number of carbonyl (C=O) groups is 2. The van der Waals surface area contributed by atoms with Crippen LogP contribution in [0.3, 0.4) is 0 Å². The second-order valence-corrected chi connectivity index (χ2v) is 5.25. The van der Waals surface area contributed by atoms with Crippen LogP contribution in [-0.2, 0) is 4.79 Å². The average Bonchev–Trinajstić information content (AvgIpc) is 2.60. The van der Waals surface area contributed by atoms with Crippen molar-refractivity contribution >= 4 is 23.5 Å². The number of nitrogens with one attached hydrogen (secondary N) is 1. The lowest BCUT2D eigenvalue weighted by molar-refractivity contribution is -0.111. The van der Waals surface area contributed by atoms with Crippen LogP contribution in [-0.4, -0.2) is 25.4 Å². The summed E-state index contributed by atoms with van der Waals surface area (Å²) >= 11 is 0. The van der Waals surface area contributed by atoms with Gasteiger partial charge in [-0.2, -0.15) is 8.78 Å². The van der Waals surface area contributed by atoms with E-state index in [-0.39, 0.29) is 17.3 Å². The van der Waals surface area contributed by atoms with Crippen molar-refractivity contribution in [3.8, 4) is 11.5 Å². The molecule has 0 aliphatic heterocycles. The van der Waals surface area contributed by atoms with Crippen molar-refractivity contribution in [3.63, 3.8) is 0 Å². The summed E-state index contributed by atoms with van der Waals surface area (Å²) in [5.41, 5.74) is 1.55. The van der Waals surface area contributed by atoms with Gasteiger partial charge in [-0.25, -0.2) is 0 Å². The van der Waals surface area contributed by atoms with Crippen LogP contribution >= 0.6 is 0 Å². The Hall–Kier alpha value is -3.22. The summed E-state index contributed by atoms with van der Waals surface area (Å²) in [7, 11) is 1.33. The molecule has 0 aromatic heterocycles. The average molecular weight is 361 g/mol. The first-order valence-electron chi connectivity index (χ1n) is 7.62. The van der Waals surface area contributed by atoms with Gasteiger partial charge in [0.05, 0.1) is 7.11 Å². The van der Waals surface area contributed by atoms with Crippen LogP contribution in [0, 0.1) is 0 Å². The molecular formula is C19H17F2NO4. The lowest BCUT2D eigenvalue weighted by atomic mass is 10.1. The monoisotopic (exact) mass is 361 g/mol. The predicted molar refractivity (Wildman–Crippen MR) is 93.7 cm³/mol. The molecule has 0 fully saturated rings. The van der Waals surface area contributed by atoms with Gasteiger partial charge in [-0.1, -0.05) is 18.2 Å². The molecule has 0 radical (unpaired) electrons. The van der Waals surface area contributed by atoms with E-state index in [0.29, 0.717) is 16.8 Å². The van der Waals surface area contributed by atoms with Gasteiger partial charge in [0.1, 0.15) is 0 Å². The molecular weight excluding hydrogens is 344 g/mol. The lowest BCUT2D eigenvalue weighted by Crippen LogP contribution is -2.08. The third kappa shape index (κ3) is 5.41. The summed E-state index contributed by atoms with van der Waals surface area (Å²) in [5.74, 6) is -0.473. The van der Waals surface area contributed by atoms with Gasteiger partial charge in [0, 0.05) is 17.3 Å². The highest BCUT2D eigenvalue weighted by Gasteiger charge is 2.10. The van der Waals surface area contributed by atoms with E-state index >= 15 is 0 Å². The van der Waals surface area contributed by atoms with Crippen molar-refractivity contribution in [2.45, 2.75) is 13.5 Å². The minimum Gasteiger partial charge on any atom is -0.493 e. The molecule has 26 heavy (non-hydrogen) atoms. The van der Waals surface area contributed by atoms with Crippen LogP contribution in [0.4, 0.5) is 14.5 Å². The van der Waals surface area contributed by atoms with Gasteiger partial charge in [-0.05, 0) is 42.8 Å². The summed E-state index contributed by atoms with van der Waals surface area (Å²) in [6, 6.07) is 10.9. The fourth-order valence-electron chi connectivity index (χ4n) is 2.15. The normalized spacial score (nSPS) is 10.8. The molecule has 1 N–H and O–H groups in total. The molecule has 0 atom stereocenters. The van der Waals surface area contributed by atoms with E-state index in [4.69, 9.17) is 4.74 Å². The number of anilines is 1. The smallest absolute Gasteiger partial charge is 0.387 e. The first-order chi connectivity index (χ1) is 12.4. The SMILES string of the molecule is COc1cc(/C=C/C(=O)Nc2cccc(C(C)=O)c2)ccc1OC(F)F. The predicted octanol–water partition coefficient (Wildman–Crippen LogP) is 4.15. The Morgan fingerprint density at radius 1 is 1.12 bits per heavy atom. The number of benzene rings is 2. The molecule has 136 valence electrons. The van der Waals surface area contributed by atoms with Crippen LogP contribution in [0.2, 0.25) is 0 Å². The fourth-order valence-corrected chi connectivity index (χ4v) is 2.15.